The number of amides is 1. The molecule has 16 heavy (non-hydrogen) atoms. The number of carboxylic acid groups (broad SMARTS) is 1. The number of ether oxygens (including phenoxy) is 1. The van der Waals surface area contributed by atoms with Crippen LogP contribution in [0.3, 0.4) is 0 Å². The maximum atomic E-state index is 11.6. The zero-order valence-electron chi connectivity index (χ0n) is 9.02. The van der Waals surface area contributed by atoms with Crippen LogP contribution in [0, 0.1) is 18.3 Å². The molecule has 0 unspecified atom stereocenters. The van der Waals surface area contributed by atoms with Crippen LogP contribution in [0.5, 0.6) is 0 Å². The summed E-state index contributed by atoms with van der Waals surface area (Å²) < 4.78 is 4.73. The summed E-state index contributed by atoms with van der Waals surface area (Å²) in [6.45, 7) is 0.227. The van der Waals surface area contributed by atoms with Crippen LogP contribution >= 0.6 is 0 Å². The van der Waals surface area contributed by atoms with Crippen LogP contribution in [-0.2, 0) is 14.3 Å². The van der Waals surface area contributed by atoms with E-state index in [1.54, 1.807) is 4.90 Å². The van der Waals surface area contributed by atoms with Gasteiger partial charge in [-0.1, -0.05) is 5.92 Å². The molecule has 0 spiro atoms. The standard InChI is InChI=1S/C11H15NO4/c1-2-5-12(6-9-3-4-9)10(13)7-16-8-11(14)15/h1,9H,3-8H2,(H,14,15). The van der Waals surface area contributed by atoms with Gasteiger partial charge in [-0.15, -0.1) is 6.42 Å². The highest BCUT2D eigenvalue weighted by atomic mass is 16.5. The molecule has 88 valence electrons. The second-order valence-corrected chi connectivity index (χ2v) is 3.81. The molecule has 0 aliphatic heterocycles. The summed E-state index contributed by atoms with van der Waals surface area (Å²) >= 11 is 0. The molecule has 0 heterocycles. The van der Waals surface area contributed by atoms with Gasteiger partial charge in [0, 0.05) is 6.54 Å². The molecule has 0 atom stereocenters. The second-order valence-electron chi connectivity index (χ2n) is 3.81. The largest absolute Gasteiger partial charge is 0.480 e. The summed E-state index contributed by atoms with van der Waals surface area (Å²) in [6.07, 6.45) is 7.42. The van der Waals surface area contributed by atoms with E-state index in [-0.39, 0.29) is 19.1 Å². The Morgan fingerprint density at radius 2 is 2.12 bits per heavy atom. The maximum Gasteiger partial charge on any atom is 0.329 e. The number of aliphatic carboxylic acids is 1. The average Bonchev–Trinajstić information content (AvgIpc) is 3.00. The van der Waals surface area contributed by atoms with Crippen molar-refractivity contribution in [2.24, 2.45) is 5.92 Å². The van der Waals surface area contributed by atoms with E-state index in [4.69, 9.17) is 16.3 Å². The molecule has 5 heteroatoms. The molecule has 0 radical (unpaired) electrons. The fraction of sp³-hybridized carbons (Fsp3) is 0.636. The lowest BCUT2D eigenvalue weighted by molar-refractivity contribution is -0.145. The zero-order chi connectivity index (χ0) is 12.0. The Morgan fingerprint density at radius 1 is 1.44 bits per heavy atom. The first-order valence-electron chi connectivity index (χ1n) is 5.14. The molecule has 0 aromatic rings. The zero-order valence-corrected chi connectivity index (χ0v) is 9.02. The number of carboxylic acids is 1. The summed E-state index contributed by atoms with van der Waals surface area (Å²) in [6, 6.07) is 0. The molecule has 1 saturated carbocycles. The summed E-state index contributed by atoms with van der Waals surface area (Å²) in [4.78, 5) is 23.3. The number of terminal acetylenes is 1. The Hall–Kier alpha value is -1.54. The highest BCUT2D eigenvalue weighted by Gasteiger charge is 2.26. The summed E-state index contributed by atoms with van der Waals surface area (Å²) in [5.41, 5.74) is 0. The molecule has 0 saturated heterocycles. The van der Waals surface area contributed by atoms with Crippen molar-refractivity contribution in [2.45, 2.75) is 12.8 Å². The van der Waals surface area contributed by atoms with E-state index in [2.05, 4.69) is 5.92 Å². The van der Waals surface area contributed by atoms with Gasteiger partial charge < -0.3 is 14.7 Å². The van der Waals surface area contributed by atoms with E-state index < -0.39 is 12.6 Å². The highest BCUT2D eigenvalue weighted by molar-refractivity contribution is 5.78. The van der Waals surface area contributed by atoms with E-state index >= 15 is 0 Å². The van der Waals surface area contributed by atoms with Crippen molar-refractivity contribution >= 4 is 11.9 Å². The van der Waals surface area contributed by atoms with E-state index in [1.165, 1.54) is 0 Å². The Balaban J connectivity index is 2.28. The SMILES string of the molecule is C#CCN(CC1CC1)C(=O)COCC(=O)O. The molecule has 1 fully saturated rings. The fourth-order valence-corrected chi connectivity index (χ4v) is 1.29. The summed E-state index contributed by atoms with van der Waals surface area (Å²) in [5.74, 6) is 1.64. The third-order valence-electron chi connectivity index (χ3n) is 2.26. The van der Waals surface area contributed by atoms with Crippen LogP contribution in [0.4, 0.5) is 0 Å². The average molecular weight is 225 g/mol. The Kier molecular flexibility index (Phi) is 4.80. The minimum Gasteiger partial charge on any atom is -0.480 e. The maximum absolute atomic E-state index is 11.6. The van der Waals surface area contributed by atoms with Crippen LogP contribution in [0.15, 0.2) is 0 Å². The van der Waals surface area contributed by atoms with Crippen LogP contribution in [0.1, 0.15) is 12.8 Å². The smallest absolute Gasteiger partial charge is 0.329 e. The molecule has 1 rings (SSSR count). The van der Waals surface area contributed by atoms with Crippen molar-refractivity contribution in [3.63, 3.8) is 0 Å². The molecular weight excluding hydrogens is 210 g/mol. The van der Waals surface area contributed by atoms with E-state index in [0.29, 0.717) is 12.5 Å². The number of carbonyl (C=O) groups is 2. The van der Waals surface area contributed by atoms with Gasteiger partial charge in [-0.05, 0) is 18.8 Å². The lowest BCUT2D eigenvalue weighted by Crippen LogP contribution is -2.36. The topological polar surface area (TPSA) is 66.8 Å². The lowest BCUT2D eigenvalue weighted by atomic mass is 10.3. The number of carbonyl (C=O) groups excluding carboxylic acids is 1. The highest BCUT2D eigenvalue weighted by Crippen LogP contribution is 2.29. The molecule has 1 aliphatic carbocycles. The molecule has 0 aromatic heterocycles. The summed E-state index contributed by atoms with van der Waals surface area (Å²) in [5, 5.41) is 8.34. The number of rotatable bonds is 7. The van der Waals surface area contributed by atoms with Crippen molar-refractivity contribution < 1.29 is 19.4 Å². The van der Waals surface area contributed by atoms with Gasteiger partial charge >= 0.3 is 5.97 Å². The molecule has 0 bridgehead atoms. The van der Waals surface area contributed by atoms with Gasteiger partial charge in [0.1, 0.15) is 13.2 Å². The van der Waals surface area contributed by atoms with Crippen molar-refractivity contribution in [1.82, 2.24) is 4.90 Å². The Labute approximate surface area is 94.4 Å². The van der Waals surface area contributed by atoms with Gasteiger partial charge in [-0.3, -0.25) is 4.79 Å². The minimum atomic E-state index is -1.08. The number of hydrogen-bond donors (Lipinski definition) is 1. The number of nitrogens with zero attached hydrogens (tertiary/aromatic N) is 1. The molecule has 1 amide bonds. The number of hydrogen-bond acceptors (Lipinski definition) is 3. The third kappa shape index (κ3) is 4.80. The molecule has 5 nitrogen and oxygen atoms in total. The van der Waals surface area contributed by atoms with Gasteiger partial charge in [-0.2, -0.15) is 0 Å². The van der Waals surface area contributed by atoms with Crippen molar-refractivity contribution in [2.75, 3.05) is 26.3 Å². The van der Waals surface area contributed by atoms with Crippen molar-refractivity contribution in [3.8, 4) is 12.3 Å². The normalized spacial score (nSPS) is 14.2. The van der Waals surface area contributed by atoms with E-state index in [1.807, 2.05) is 0 Å². The Bertz CT molecular complexity index is 304. The lowest BCUT2D eigenvalue weighted by Gasteiger charge is -2.19. The quantitative estimate of drug-likeness (QED) is 0.617. The molecule has 1 N–H and O–H groups in total. The molecule has 0 aromatic carbocycles. The van der Waals surface area contributed by atoms with Crippen LogP contribution in [0.25, 0.3) is 0 Å². The van der Waals surface area contributed by atoms with Gasteiger partial charge in [0.05, 0.1) is 6.54 Å². The van der Waals surface area contributed by atoms with E-state index in [0.717, 1.165) is 12.8 Å². The minimum absolute atomic E-state index is 0.222. The summed E-state index contributed by atoms with van der Waals surface area (Å²) in [7, 11) is 0. The van der Waals surface area contributed by atoms with Gasteiger partial charge in [0.15, 0.2) is 0 Å². The second kappa shape index (κ2) is 6.13. The monoisotopic (exact) mass is 225 g/mol. The van der Waals surface area contributed by atoms with Crippen molar-refractivity contribution in [1.29, 1.82) is 0 Å². The van der Waals surface area contributed by atoms with E-state index in [9.17, 15) is 9.59 Å². The van der Waals surface area contributed by atoms with Gasteiger partial charge in [-0.25, -0.2) is 4.79 Å². The first kappa shape index (κ1) is 12.5. The predicted molar refractivity (Wildman–Crippen MR) is 56.6 cm³/mol. The van der Waals surface area contributed by atoms with Gasteiger partial charge in [0.2, 0.25) is 5.91 Å². The molecular formula is C11H15NO4. The fourth-order valence-electron chi connectivity index (χ4n) is 1.29. The van der Waals surface area contributed by atoms with Crippen LogP contribution < -0.4 is 0 Å². The molecule has 1 aliphatic rings. The van der Waals surface area contributed by atoms with Gasteiger partial charge in [0.25, 0.3) is 0 Å². The first-order chi connectivity index (χ1) is 7.63. The first-order valence-corrected chi connectivity index (χ1v) is 5.14. The predicted octanol–water partition coefficient (Wildman–Crippen LogP) is -0.0406. The Morgan fingerprint density at radius 3 is 2.62 bits per heavy atom. The third-order valence-corrected chi connectivity index (χ3v) is 2.26. The van der Waals surface area contributed by atoms with Crippen LogP contribution in [-0.4, -0.2) is 48.2 Å². The van der Waals surface area contributed by atoms with Crippen molar-refractivity contribution in [3.05, 3.63) is 0 Å². The van der Waals surface area contributed by atoms with Crippen LogP contribution in [0.2, 0.25) is 0 Å².